The first-order valence-corrected chi connectivity index (χ1v) is 8.33. The fourth-order valence-corrected chi connectivity index (χ4v) is 2.28. The second kappa shape index (κ2) is 9.10. The van der Waals surface area contributed by atoms with Crippen LogP contribution in [0.4, 0.5) is 5.69 Å². The van der Waals surface area contributed by atoms with E-state index in [0.717, 1.165) is 5.56 Å². The molecule has 6 nitrogen and oxygen atoms in total. The Labute approximate surface area is 157 Å². The molecule has 0 aliphatic rings. The second-order valence-electron chi connectivity index (χ2n) is 5.73. The van der Waals surface area contributed by atoms with Crippen molar-refractivity contribution in [3.8, 4) is 11.5 Å². The lowest BCUT2D eigenvalue weighted by atomic mass is 10.2. The molecule has 0 saturated carbocycles. The summed E-state index contributed by atoms with van der Waals surface area (Å²) in [5, 5.41) is 3.36. The van der Waals surface area contributed by atoms with Gasteiger partial charge in [0.05, 0.1) is 13.7 Å². The zero-order chi connectivity index (χ0) is 19.1. The second-order valence-corrected chi connectivity index (χ2v) is 6.14. The van der Waals surface area contributed by atoms with Gasteiger partial charge in [0.25, 0.3) is 5.91 Å². The van der Waals surface area contributed by atoms with Crippen LogP contribution in [0.3, 0.4) is 0 Å². The number of carbonyl (C=O) groups excluding carboxylic acids is 2. The zero-order valence-corrected chi connectivity index (χ0v) is 15.7. The number of hydrogen-bond acceptors (Lipinski definition) is 4. The van der Waals surface area contributed by atoms with Crippen molar-refractivity contribution in [2.75, 3.05) is 32.6 Å². The topological polar surface area (TPSA) is 67.9 Å². The number of ether oxygens (including phenoxy) is 2. The lowest BCUT2D eigenvalue weighted by molar-refractivity contribution is -0.135. The van der Waals surface area contributed by atoms with Crippen LogP contribution in [0.1, 0.15) is 5.56 Å². The third-order valence-corrected chi connectivity index (χ3v) is 4.08. The van der Waals surface area contributed by atoms with Crippen LogP contribution >= 0.6 is 11.6 Å². The molecule has 0 saturated heterocycles. The van der Waals surface area contributed by atoms with Crippen molar-refractivity contribution in [2.24, 2.45) is 0 Å². The number of nitrogens with one attached hydrogen (secondary N) is 1. The number of carbonyl (C=O) groups is 2. The van der Waals surface area contributed by atoms with E-state index >= 15 is 0 Å². The van der Waals surface area contributed by atoms with E-state index < -0.39 is 0 Å². The third-order valence-electron chi connectivity index (χ3n) is 3.65. The number of nitrogens with zero attached hydrogens (tertiary/aromatic N) is 1. The molecule has 1 N–H and O–H groups in total. The van der Waals surface area contributed by atoms with Crippen LogP contribution in [0.5, 0.6) is 11.5 Å². The maximum atomic E-state index is 12.1. The van der Waals surface area contributed by atoms with Gasteiger partial charge in [0.2, 0.25) is 5.91 Å². The lowest BCUT2D eigenvalue weighted by Crippen LogP contribution is -2.37. The van der Waals surface area contributed by atoms with Crippen molar-refractivity contribution in [3.05, 3.63) is 53.1 Å². The maximum Gasteiger partial charge on any atom is 0.260 e. The SMILES string of the molecule is COc1cccc(NC(=O)CN(C)C(=O)COc2ccc(Cl)c(C)c2)c1. The number of anilines is 1. The van der Waals surface area contributed by atoms with Gasteiger partial charge in [-0.1, -0.05) is 17.7 Å². The summed E-state index contributed by atoms with van der Waals surface area (Å²) >= 11 is 5.95. The number of hydrogen-bond donors (Lipinski definition) is 1. The minimum Gasteiger partial charge on any atom is -0.497 e. The van der Waals surface area contributed by atoms with E-state index in [9.17, 15) is 9.59 Å². The Hall–Kier alpha value is -2.73. The molecule has 0 bridgehead atoms. The van der Waals surface area contributed by atoms with Gasteiger partial charge in [0.1, 0.15) is 11.5 Å². The van der Waals surface area contributed by atoms with Crippen molar-refractivity contribution in [1.29, 1.82) is 0 Å². The Morgan fingerprint density at radius 3 is 2.62 bits per heavy atom. The number of likely N-dealkylation sites (N-methyl/N-ethyl adjacent to an activating group) is 1. The van der Waals surface area contributed by atoms with Gasteiger partial charge >= 0.3 is 0 Å². The molecule has 0 heterocycles. The predicted octanol–water partition coefficient (Wildman–Crippen LogP) is 3.13. The monoisotopic (exact) mass is 376 g/mol. The van der Waals surface area contributed by atoms with E-state index in [4.69, 9.17) is 21.1 Å². The Kier molecular flexibility index (Phi) is 6.86. The van der Waals surface area contributed by atoms with Crippen molar-refractivity contribution in [3.63, 3.8) is 0 Å². The molecule has 2 amide bonds. The van der Waals surface area contributed by atoms with Gasteiger partial charge < -0.3 is 19.7 Å². The molecule has 2 aromatic rings. The summed E-state index contributed by atoms with van der Waals surface area (Å²) < 4.78 is 10.6. The van der Waals surface area contributed by atoms with Crippen molar-refractivity contribution >= 4 is 29.1 Å². The van der Waals surface area contributed by atoms with Crippen LogP contribution in [0.15, 0.2) is 42.5 Å². The molecule has 7 heteroatoms. The van der Waals surface area contributed by atoms with Crippen LogP contribution in [0.25, 0.3) is 0 Å². The van der Waals surface area contributed by atoms with Crippen LogP contribution in [0, 0.1) is 6.92 Å². The number of methoxy groups -OCH3 is 1. The molecule has 0 aromatic heterocycles. The highest BCUT2D eigenvalue weighted by atomic mass is 35.5. The first-order valence-electron chi connectivity index (χ1n) is 7.96. The molecule has 0 atom stereocenters. The fourth-order valence-electron chi connectivity index (χ4n) is 2.17. The fraction of sp³-hybridized carbons (Fsp3) is 0.263. The summed E-state index contributed by atoms with van der Waals surface area (Å²) in [6.45, 7) is 1.61. The highest BCUT2D eigenvalue weighted by Gasteiger charge is 2.14. The van der Waals surface area contributed by atoms with Crippen LogP contribution in [-0.4, -0.2) is 44.0 Å². The molecule has 138 valence electrons. The molecule has 2 rings (SSSR count). The average Bonchev–Trinajstić information content (AvgIpc) is 2.62. The van der Waals surface area contributed by atoms with Crippen molar-refractivity contribution in [2.45, 2.75) is 6.92 Å². The zero-order valence-electron chi connectivity index (χ0n) is 14.9. The molecule has 0 radical (unpaired) electrons. The number of rotatable bonds is 7. The maximum absolute atomic E-state index is 12.1. The first-order chi connectivity index (χ1) is 12.4. The summed E-state index contributed by atoms with van der Waals surface area (Å²) in [6, 6.07) is 12.2. The number of halogens is 1. The van der Waals surface area contributed by atoms with E-state index in [0.29, 0.717) is 22.2 Å². The van der Waals surface area contributed by atoms with Crippen LogP contribution in [-0.2, 0) is 9.59 Å². The van der Waals surface area contributed by atoms with Crippen molar-refractivity contribution < 1.29 is 19.1 Å². The quantitative estimate of drug-likeness (QED) is 0.806. The van der Waals surface area contributed by atoms with Gasteiger partial charge in [-0.15, -0.1) is 0 Å². The normalized spacial score (nSPS) is 10.2. The van der Waals surface area contributed by atoms with Gasteiger partial charge in [-0.05, 0) is 42.8 Å². The molecule has 26 heavy (non-hydrogen) atoms. The van der Waals surface area contributed by atoms with E-state index in [2.05, 4.69) is 5.32 Å². The third kappa shape index (κ3) is 5.67. The van der Waals surface area contributed by atoms with E-state index in [1.165, 1.54) is 4.90 Å². The lowest BCUT2D eigenvalue weighted by Gasteiger charge is -2.17. The Morgan fingerprint density at radius 2 is 1.92 bits per heavy atom. The summed E-state index contributed by atoms with van der Waals surface area (Å²) in [5.41, 5.74) is 1.46. The van der Waals surface area contributed by atoms with Crippen LogP contribution in [0.2, 0.25) is 5.02 Å². The first kappa shape index (κ1) is 19.6. The van der Waals surface area contributed by atoms with Gasteiger partial charge in [-0.25, -0.2) is 0 Å². The average molecular weight is 377 g/mol. The van der Waals surface area contributed by atoms with Gasteiger partial charge in [-0.2, -0.15) is 0 Å². The molecule has 0 aliphatic carbocycles. The standard InChI is InChI=1S/C19H21ClN2O4/c1-13-9-16(7-8-17(13)20)26-12-19(24)22(2)11-18(23)21-14-5-4-6-15(10-14)25-3/h4-10H,11-12H2,1-3H3,(H,21,23). The van der Waals surface area contributed by atoms with Gasteiger partial charge in [-0.3, -0.25) is 9.59 Å². The molecule has 0 spiro atoms. The molecular formula is C19H21ClN2O4. The van der Waals surface area contributed by atoms with Crippen molar-refractivity contribution in [1.82, 2.24) is 4.90 Å². The Bertz CT molecular complexity index is 795. The van der Waals surface area contributed by atoms with E-state index in [1.54, 1.807) is 56.6 Å². The predicted molar refractivity (Wildman–Crippen MR) is 101 cm³/mol. The molecule has 0 fully saturated rings. The molecule has 0 aliphatic heterocycles. The Balaban J connectivity index is 1.83. The number of benzene rings is 2. The Morgan fingerprint density at radius 1 is 1.15 bits per heavy atom. The molecule has 0 unspecified atom stereocenters. The van der Waals surface area contributed by atoms with Crippen LogP contribution < -0.4 is 14.8 Å². The highest BCUT2D eigenvalue weighted by Crippen LogP contribution is 2.21. The summed E-state index contributed by atoms with van der Waals surface area (Å²) in [7, 11) is 3.10. The van der Waals surface area contributed by atoms with E-state index in [-0.39, 0.29) is 25.0 Å². The summed E-state index contributed by atoms with van der Waals surface area (Å²) in [5.74, 6) is 0.572. The minimum atomic E-state index is -0.309. The number of amides is 2. The largest absolute Gasteiger partial charge is 0.497 e. The smallest absolute Gasteiger partial charge is 0.260 e. The summed E-state index contributed by atoms with van der Waals surface area (Å²) in [4.78, 5) is 25.5. The summed E-state index contributed by atoms with van der Waals surface area (Å²) in [6.07, 6.45) is 0. The molecule has 2 aromatic carbocycles. The van der Waals surface area contributed by atoms with Gasteiger partial charge in [0.15, 0.2) is 6.61 Å². The number of aryl methyl sites for hydroxylation is 1. The highest BCUT2D eigenvalue weighted by molar-refractivity contribution is 6.31. The van der Waals surface area contributed by atoms with E-state index in [1.807, 2.05) is 6.92 Å². The van der Waals surface area contributed by atoms with Gasteiger partial charge in [0, 0.05) is 23.8 Å². The molecular weight excluding hydrogens is 356 g/mol. The minimum absolute atomic E-state index is 0.0843.